The average Bonchev–Trinajstić information content (AvgIpc) is 3.03. The van der Waals surface area contributed by atoms with Crippen molar-refractivity contribution >= 4 is 5.69 Å². The molecule has 4 heteroatoms. The van der Waals surface area contributed by atoms with Gasteiger partial charge in [-0.15, -0.1) is 0 Å². The molecule has 1 aliphatic carbocycles. The summed E-state index contributed by atoms with van der Waals surface area (Å²) in [6.07, 6.45) is 0.676. The van der Waals surface area contributed by atoms with Gasteiger partial charge in [0.2, 0.25) is 0 Å². The highest BCUT2D eigenvalue weighted by Gasteiger charge is 2.42. The Kier molecular flexibility index (Phi) is 3.22. The van der Waals surface area contributed by atoms with Gasteiger partial charge in [-0.3, -0.25) is 0 Å². The van der Waals surface area contributed by atoms with Gasteiger partial charge in [-0.25, -0.2) is 0 Å². The molecule has 1 nitrogen and oxygen atoms in total. The van der Waals surface area contributed by atoms with Crippen LogP contribution < -0.4 is 5.32 Å². The summed E-state index contributed by atoms with van der Waals surface area (Å²) in [6.45, 7) is 0. The number of hydrogen-bond donors (Lipinski definition) is 1. The Morgan fingerprint density at radius 2 is 1.61 bits per heavy atom. The molecule has 118 valence electrons. The first kappa shape index (κ1) is 14.4. The lowest BCUT2D eigenvalue weighted by molar-refractivity contribution is -0.138. The number of hydrogen-bond acceptors (Lipinski definition) is 1. The summed E-state index contributed by atoms with van der Waals surface area (Å²) in [5, 5.41) is 3.36. The van der Waals surface area contributed by atoms with Crippen molar-refractivity contribution in [3.63, 3.8) is 0 Å². The van der Waals surface area contributed by atoms with Gasteiger partial charge in [0.15, 0.2) is 0 Å². The van der Waals surface area contributed by atoms with E-state index in [9.17, 15) is 13.2 Å². The lowest BCUT2D eigenvalue weighted by atomic mass is 9.76. The van der Waals surface area contributed by atoms with Gasteiger partial charge < -0.3 is 5.32 Å². The van der Waals surface area contributed by atoms with E-state index < -0.39 is 11.7 Å². The van der Waals surface area contributed by atoms with Gasteiger partial charge in [0.1, 0.15) is 0 Å². The Bertz CT molecular complexity index is 763. The van der Waals surface area contributed by atoms with Crippen molar-refractivity contribution in [2.45, 2.75) is 24.6 Å². The second-order valence-corrected chi connectivity index (χ2v) is 6.15. The molecule has 0 aromatic heterocycles. The zero-order chi connectivity index (χ0) is 16.0. The van der Waals surface area contributed by atoms with Crippen molar-refractivity contribution in [3.05, 3.63) is 77.4 Å². The Morgan fingerprint density at radius 3 is 2.39 bits per heavy atom. The molecule has 2 aromatic rings. The molecule has 0 unspecified atom stereocenters. The van der Waals surface area contributed by atoms with E-state index in [1.807, 2.05) is 18.2 Å². The van der Waals surface area contributed by atoms with Crippen molar-refractivity contribution in [3.8, 4) is 0 Å². The Morgan fingerprint density at radius 1 is 0.913 bits per heavy atom. The summed E-state index contributed by atoms with van der Waals surface area (Å²) < 4.78 is 40.2. The average molecular weight is 315 g/mol. The molecule has 0 spiro atoms. The highest BCUT2D eigenvalue weighted by atomic mass is 19.4. The van der Waals surface area contributed by atoms with Crippen LogP contribution in [-0.2, 0) is 6.18 Å². The highest BCUT2D eigenvalue weighted by Crippen LogP contribution is 2.51. The van der Waals surface area contributed by atoms with E-state index in [4.69, 9.17) is 0 Å². The topological polar surface area (TPSA) is 12.0 Å². The molecular weight excluding hydrogens is 299 g/mol. The monoisotopic (exact) mass is 315 g/mol. The summed E-state index contributed by atoms with van der Waals surface area (Å²) in [5.41, 5.74) is 1.91. The summed E-state index contributed by atoms with van der Waals surface area (Å²) >= 11 is 0. The molecule has 0 bridgehead atoms. The van der Waals surface area contributed by atoms with Crippen LogP contribution in [0.4, 0.5) is 18.9 Å². The molecule has 0 saturated heterocycles. The van der Waals surface area contributed by atoms with Gasteiger partial charge in [-0.1, -0.05) is 48.6 Å². The van der Waals surface area contributed by atoms with E-state index in [2.05, 4.69) is 23.5 Å². The Hall–Kier alpha value is -2.23. The molecule has 0 amide bonds. The van der Waals surface area contributed by atoms with Gasteiger partial charge in [0.05, 0.1) is 11.6 Å². The van der Waals surface area contributed by atoms with Crippen molar-refractivity contribution in [2.24, 2.45) is 5.92 Å². The van der Waals surface area contributed by atoms with E-state index in [0.717, 1.165) is 12.1 Å². The first-order chi connectivity index (χ1) is 11.1. The minimum Gasteiger partial charge on any atom is -0.378 e. The van der Waals surface area contributed by atoms with Crippen molar-refractivity contribution < 1.29 is 13.2 Å². The number of alkyl halides is 3. The van der Waals surface area contributed by atoms with Crippen LogP contribution in [0.2, 0.25) is 0 Å². The number of fused-ring (bicyclic) bond motifs is 3. The maximum Gasteiger partial charge on any atom is 0.416 e. The number of para-hydroxylation sites is 1. The summed E-state index contributed by atoms with van der Waals surface area (Å²) in [4.78, 5) is 0. The SMILES string of the molecule is FC(F)(F)c1ccccc1[C@@H]1Nc2ccccc2[C@H]2C=CC[C@H]21. The van der Waals surface area contributed by atoms with Gasteiger partial charge in [0.25, 0.3) is 0 Å². The van der Waals surface area contributed by atoms with Crippen LogP contribution in [0.25, 0.3) is 0 Å². The molecule has 4 rings (SSSR count). The predicted octanol–water partition coefficient (Wildman–Crippen LogP) is 5.53. The van der Waals surface area contributed by atoms with Crippen LogP contribution in [-0.4, -0.2) is 0 Å². The third kappa shape index (κ3) is 2.33. The second kappa shape index (κ2) is 5.15. The second-order valence-electron chi connectivity index (χ2n) is 6.15. The van der Waals surface area contributed by atoms with Crippen LogP contribution >= 0.6 is 0 Å². The normalized spacial score (nSPS) is 25.6. The van der Waals surface area contributed by atoms with Crippen molar-refractivity contribution in [1.82, 2.24) is 0 Å². The van der Waals surface area contributed by atoms with Gasteiger partial charge in [0, 0.05) is 11.6 Å². The molecule has 2 aromatic carbocycles. The van der Waals surface area contributed by atoms with E-state index in [1.54, 1.807) is 12.1 Å². The maximum atomic E-state index is 13.4. The third-order valence-corrected chi connectivity index (χ3v) is 4.87. The van der Waals surface area contributed by atoms with Crippen molar-refractivity contribution in [2.75, 3.05) is 5.32 Å². The molecule has 0 saturated carbocycles. The molecule has 0 fully saturated rings. The predicted molar refractivity (Wildman–Crippen MR) is 84.2 cm³/mol. The number of anilines is 1. The molecule has 1 N–H and O–H groups in total. The molecule has 1 aliphatic heterocycles. The fourth-order valence-corrected chi connectivity index (χ4v) is 3.88. The van der Waals surface area contributed by atoms with Gasteiger partial charge >= 0.3 is 6.18 Å². The summed E-state index contributed by atoms with van der Waals surface area (Å²) in [6, 6.07) is 13.5. The van der Waals surface area contributed by atoms with Crippen LogP contribution in [0.1, 0.15) is 35.1 Å². The fraction of sp³-hybridized carbons (Fsp3) is 0.263. The van der Waals surface area contributed by atoms with E-state index in [0.29, 0.717) is 5.56 Å². The summed E-state index contributed by atoms with van der Waals surface area (Å²) in [5.74, 6) is 0.298. The smallest absolute Gasteiger partial charge is 0.378 e. The van der Waals surface area contributed by atoms with Crippen molar-refractivity contribution in [1.29, 1.82) is 0 Å². The number of benzene rings is 2. The molecule has 23 heavy (non-hydrogen) atoms. The van der Waals surface area contributed by atoms with Gasteiger partial charge in [-0.05, 0) is 35.6 Å². The highest BCUT2D eigenvalue weighted by molar-refractivity contribution is 5.60. The molecule has 0 radical (unpaired) electrons. The van der Waals surface area contributed by atoms with Crippen LogP contribution in [0.3, 0.4) is 0 Å². The lowest BCUT2D eigenvalue weighted by Gasteiger charge is -2.38. The number of allylic oxidation sites excluding steroid dienone is 2. The lowest BCUT2D eigenvalue weighted by Crippen LogP contribution is -2.30. The molecule has 2 aliphatic rings. The first-order valence-electron chi connectivity index (χ1n) is 7.74. The summed E-state index contributed by atoms with van der Waals surface area (Å²) in [7, 11) is 0. The minimum absolute atomic E-state index is 0.119. The Labute approximate surface area is 132 Å². The quantitative estimate of drug-likeness (QED) is 0.682. The first-order valence-corrected chi connectivity index (χ1v) is 7.74. The number of nitrogens with one attached hydrogen (secondary N) is 1. The maximum absolute atomic E-state index is 13.4. The fourth-order valence-electron chi connectivity index (χ4n) is 3.88. The minimum atomic E-state index is -4.34. The van der Waals surface area contributed by atoms with Gasteiger partial charge in [-0.2, -0.15) is 13.2 Å². The van der Waals surface area contributed by atoms with Crippen LogP contribution in [0.15, 0.2) is 60.7 Å². The van der Waals surface area contributed by atoms with E-state index in [-0.39, 0.29) is 17.9 Å². The largest absolute Gasteiger partial charge is 0.416 e. The van der Waals surface area contributed by atoms with Crippen LogP contribution in [0.5, 0.6) is 0 Å². The molecule has 3 atom stereocenters. The third-order valence-electron chi connectivity index (χ3n) is 4.87. The number of rotatable bonds is 1. The zero-order valence-corrected chi connectivity index (χ0v) is 12.3. The molecule has 1 heterocycles. The van der Waals surface area contributed by atoms with E-state index in [1.165, 1.54) is 17.7 Å². The number of halogens is 3. The zero-order valence-electron chi connectivity index (χ0n) is 12.3. The Balaban J connectivity index is 1.83. The van der Waals surface area contributed by atoms with E-state index >= 15 is 0 Å². The standard InChI is InChI=1S/C19H16F3N/c20-19(21,22)16-10-3-1-7-15(16)18-14-9-5-8-12(14)13-6-2-4-11-17(13)23-18/h1-8,10-12,14,18,23H,9H2/t12-,14-,18-/m1/s1. The molecular formula is C19H16F3N. The van der Waals surface area contributed by atoms with Crippen LogP contribution in [0, 0.1) is 5.92 Å².